The Kier molecular flexibility index (Phi) is 6.86. The van der Waals surface area contributed by atoms with Gasteiger partial charge in [-0.05, 0) is 0 Å². The molecule has 7 heteroatoms. The predicted octanol–water partition coefficient (Wildman–Crippen LogP) is 2.69. The fourth-order valence-corrected chi connectivity index (χ4v) is 5.26. The average Bonchev–Trinajstić information content (AvgIpc) is 2.61. The molecule has 0 aliphatic heterocycles. The van der Waals surface area contributed by atoms with Crippen LogP contribution in [-0.2, 0) is 16.0 Å². The van der Waals surface area contributed by atoms with Crippen LogP contribution in [0.2, 0.25) is 0 Å². The van der Waals surface area contributed by atoms with Gasteiger partial charge in [-0.15, -0.1) is 0 Å². The van der Waals surface area contributed by atoms with E-state index in [-0.39, 0.29) is 28.3 Å². The van der Waals surface area contributed by atoms with E-state index in [1.54, 1.807) is 0 Å². The number of hydrogen-bond donors (Lipinski definition) is 2. The molecule has 0 bridgehead atoms. The molecular weight excluding hydrogens is 397 g/mol. The number of hydrogen-bond acceptors (Lipinski definition) is 5. The van der Waals surface area contributed by atoms with E-state index < -0.39 is 14.2 Å². The number of nitrogens with one attached hydrogen (secondary N) is 1. The van der Waals surface area contributed by atoms with Crippen molar-refractivity contribution in [1.29, 1.82) is 0 Å². The summed E-state index contributed by atoms with van der Waals surface area (Å²) in [6.07, 6.45) is 1.82. The van der Waals surface area contributed by atoms with Crippen molar-refractivity contribution in [3.63, 3.8) is 0 Å². The minimum atomic E-state index is -4.42. The third kappa shape index (κ3) is 5.11. The summed E-state index contributed by atoms with van der Waals surface area (Å²) in [6.45, 7) is 3.35. The van der Waals surface area contributed by atoms with Crippen molar-refractivity contribution in [1.82, 2.24) is 0 Å². The van der Waals surface area contributed by atoms with E-state index >= 15 is 0 Å². The fraction of sp³-hybridized carbons (Fsp3) is 0.211. The molecule has 0 radical (unpaired) electrons. The molecule has 6 nitrogen and oxygen atoms in total. The van der Waals surface area contributed by atoms with Crippen molar-refractivity contribution in [2.75, 3.05) is 19.0 Å². The standard InChI is InChI=1S/C19H22AsNO5/c1-14(16-7-5-4-6-8-16)11-12-26-20(24,25-3)18-10-9-17(23)13-19(18)21-15(2)22/h4-11,13,23H,12H2,1-3H3,(H,21,22)/b14-11-. The number of phenols is 1. The molecule has 2 rings (SSSR count). The van der Waals surface area contributed by atoms with Crippen molar-refractivity contribution in [2.45, 2.75) is 13.8 Å². The van der Waals surface area contributed by atoms with Gasteiger partial charge in [0.1, 0.15) is 0 Å². The van der Waals surface area contributed by atoms with E-state index in [1.807, 2.05) is 43.3 Å². The molecule has 0 heterocycles. The molecule has 2 aromatic carbocycles. The summed E-state index contributed by atoms with van der Waals surface area (Å²) in [5.41, 5.74) is 2.24. The Bertz CT molecular complexity index is 848. The van der Waals surface area contributed by atoms with E-state index in [4.69, 9.17) is 7.45 Å². The van der Waals surface area contributed by atoms with Crippen molar-refractivity contribution in [3.05, 3.63) is 60.2 Å². The molecule has 1 atom stereocenters. The van der Waals surface area contributed by atoms with Crippen LogP contribution in [0.15, 0.2) is 54.6 Å². The topological polar surface area (TPSA) is 84.9 Å². The van der Waals surface area contributed by atoms with Gasteiger partial charge in [-0.2, -0.15) is 0 Å². The number of anilines is 1. The summed E-state index contributed by atoms with van der Waals surface area (Å²) in [5, 5.41) is 12.2. The Morgan fingerprint density at radius 2 is 1.88 bits per heavy atom. The van der Waals surface area contributed by atoms with Crippen molar-refractivity contribution in [3.8, 4) is 5.75 Å². The van der Waals surface area contributed by atoms with Gasteiger partial charge in [0, 0.05) is 0 Å². The first-order chi connectivity index (χ1) is 12.4. The van der Waals surface area contributed by atoms with Crippen LogP contribution >= 0.6 is 0 Å². The van der Waals surface area contributed by atoms with Crippen LogP contribution in [0, 0.1) is 0 Å². The van der Waals surface area contributed by atoms with Gasteiger partial charge in [-0.25, -0.2) is 0 Å². The zero-order chi connectivity index (χ0) is 19.2. The first-order valence-corrected chi connectivity index (χ1v) is 11.2. The number of phenolic OH excluding ortho intramolecular Hbond substituents is 1. The molecule has 1 unspecified atom stereocenters. The normalized spacial score (nSPS) is 13.9. The van der Waals surface area contributed by atoms with Gasteiger partial charge in [0.2, 0.25) is 0 Å². The molecule has 2 aromatic rings. The fourth-order valence-electron chi connectivity index (χ4n) is 2.35. The van der Waals surface area contributed by atoms with Crippen molar-refractivity contribution in [2.24, 2.45) is 0 Å². The van der Waals surface area contributed by atoms with Crippen LogP contribution in [0.1, 0.15) is 19.4 Å². The van der Waals surface area contributed by atoms with Gasteiger partial charge >= 0.3 is 156 Å². The SMILES string of the molecule is CO[As](=O)(OC/C=C(/C)c1ccccc1)c1ccc(O)cc1NC(C)=O. The maximum absolute atomic E-state index is 13.2. The van der Waals surface area contributed by atoms with Crippen LogP contribution in [0.4, 0.5) is 5.69 Å². The van der Waals surface area contributed by atoms with Crippen LogP contribution in [0.3, 0.4) is 0 Å². The van der Waals surface area contributed by atoms with Gasteiger partial charge in [0.25, 0.3) is 0 Å². The molecule has 0 saturated heterocycles. The summed E-state index contributed by atoms with van der Waals surface area (Å²) in [4.78, 5) is 11.4. The quantitative estimate of drug-likeness (QED) is 0.675. The van der Waals surface area contributed by atoms with E-state index in [0.29, 0.717) is 0 Å². The number of aromatic hydroxyl groups is 1. The van der Waals surface area contributed by atoms with Gasteiger partial charge in [0.15, 0.2) is 0 Å². The third-order valence-corrected chi connectivity index (χ3v) is 7.78. The molecule has 2 N–H and O–H groups in total. The second-order valence-electron chi connectivity index (χ2n) is 5.61. The Morgan fingerprint density at radius 3 is 2.50 bits per heavy atom. The number of allylic oxidation sites excluding steroid dienone is 1. The monoisotopic (exact) mass is 419 g/mol. The first kappa shape index (κ1) is 20.0. The van der Waals surface area contributed by atoms with Crippen LogP contribution in [0.5, 0.6) is 5.75 Å². The number of amides is 1. The number of carbonyl (C=O) groups is 1. The number of carbonyl (C=O) groups excluding carboxylic acids is 1. The molecule has 0 aliphatic rings. The Balaban J connectivity index is 2.23. The average molecular weight is 419 g/mol. The summed E-state index contributed by atoms with van der Waals surface area (Å²) in [5.74, 6) is -0.412. The van der Waals surface area contributed by atoms with Crippen molar-refractivity contribution < 1.29 is 21.1 Å². The zero-order valence-electron chi connectivity index (χ0n) is 14.9. The second kappa shape index (κ2) is 8.90. The molecule has 138 valence electrons. The molecule has 0 fully saturated rings. The molecule has 0 aromatic heterocycles. The molecule has 0 aliphatic carbocycles. The molecule has 0 spiro atoms. The Hall–Kier alpha value is -2.27. The summed E-state index contributed by atoms with van der Waals surface area (Å²) in [6, 6.07) is 13.9. The van der Waals surface area contributed by atoms with Crippen LogP contribution in [-0.4, -0.2) is 38.9 Å². The van der Waals surface area contributed by atoms with Crippen molar-refractivity contribution >= 4 is 35.7 Å². The Morgan fingerprint density at radius 1 is 1.19 bits per heavy atom. The molecular formula is C19H22AsNO5. The van der Waals surface area contributed by atoms with Gasteiger partial charge < -0.3 is 0 Å². The summed E-state index contributed by atoms with van der Waals surface area (Å²) in [7, 11) is 1.30. The van der Waals surface area contributed by atoms with Gasteiger partial charge in [-0.3, -0.25) is 0 Å². The molecule has 26 heavy (non-hydrogen) atoms. The molecule has 1 amide bonds. The third-order valence-electron chi connectivity index (χ3n) is 3.69. The second-order valence-corrected chi connectivity index (χ2v) is 10.0. The van der Waals surface area contributed by atoms with Crippen LogP contribution in [0.25, 0.3) is 5.57 Å². The van der Waals surface area contributed by atoms with Gasteiger partial charge in [-0.1, -0.05) is 0 Å². The van der Waals surface area contributed by atoms with E-state index in [0.717, 1.165) is 11.1 Å². The zero-order valence-corrected chi connectivity index (χ0v) is 16.8. The van der Waals surface area contributed by atoms with E-state index in [1.165, 1.54) is 32.2 Å². The number of benzene rings is 2. The molecule has 0 saturated carbocycles. The van der Waals surface area contributed by atoms with Gasteiger partial charge in [0.05, 0.1) is 0 Å². The first-order valence-electron chi connectivity index (χ1n) is 7.99. The minimum absolute atomic E-state index is 0.0597. The maximum atomic E-state index is 13.2. The Labute approximate surface area is 155 Å². The summed E-state index contributed by atoms with van der Waals surface area (Å²) < 4.78 is 24.2. The predicted molar refractivity (Wildman–Crippen MR) is 102 cm³/mol. The van der Waals surface area contributed by atoms with E-state index in [9.17, 15) is 13.6 Å². The van der Waals surface area contributed by atoms with Crippen LogP contribution < -0.4 is 9.67 Å². The van der Waals surface area contributed by atoms with E-state index in [2.05, 4.69) is 5.32 Å². The number of rotatable bonds is 7. The summed E-state index contributed by atoms with van der Waals surface area (Å²) >= 11 is -4.42.